The molecule has 21 heavy (non-hydrogen) atoms. The van der Waals surface area contributed by atoms with Crippen LogP contribution in [-0.4, -0.2) is 5.91 Å². The summed E-state index contributed by atoms with van der Waals surface area (Å²) in [6, 6.07) is 5.22. The van der Waals surface area contributed by atoms with E-state index in [1.807, 2.05) is 31.4 Å². The maximum Gasteiger partial charge on any atom is 0.254 e. The van der Waals surface area contributed by atoms with Gasteiger partial charge < -0.3 is 11.1 Å². The van der Waals surface area contributed by atoms with Crippen LogP contribution >= 0.6 is 11.3 Å². The van der Waals surface area contributed by atoms with Crippen molar-refractivity contribution in [2.75, 3.05) is 5.73 Å². The fourth-order valence-corrected chi connectivity index (χ4v) is 2.98. The van der Waals surface area contributed by atoms with E-state index in [1.54, 1.807) is 0 Å². The molecular formula is C15H16F2N2OS. The van der Waals surface area contributed by atoms with Gasteiger partial charge in [-0.05, 0) is 29.5 Å². The van der Waals surface area contributed by atoms with Gasteiger partial charge >= 0.3 is 0 Å². The average molecular weight is 310 g/mol. The predicted molar refractivity (Wildman–Crippen MR) is 80.1 cm³/mol. The third-order valence-corrected chi connectivity index (χ3v) is 4.07. The highest BCUT2D eigenvalue weighted by Crippen LogP contribution is 2.27. The standard InChI is InChI=1S/C15H16F2N2OS/c1-8(2)14(12-4-3-5-21-12)19-15(20)10-6-9(16)7-11(18)13(10)17/h3-8,14H,18H2,1-2H3,(H,19,20). The van der Waals surface area contributed by atoms with Gasteiger partial charge in [-0.25, -0.2) is 8.78 Å². The molecule has 0 bridgehead atoms. The molecule has 3 nitrogen and oxygen atoms in total. The number of nitrogens with two attached hydrogens (primary N) is 1. The van der Waals surface area contributed by atoms with Gasteiger partial charge in [-0.2, -0.15) is 0 Å². The van der Waals surface area contributed by atoms with Crippen molar-refractivity contribution < 1.29 is 13.6 Å². The van der Waals surface area contributed by atoms with E-state index in [0.29, 0.717) is 0 Å². The van der Waals surface area contributed by atoms with E-state index < -0.39 is 17.5 Å². The molecule has 6 heteroatoms. The molecule has 1 heterocycles. The lowest BCUT2D eigenvalue weighted by Crippen LogP contribution is -2.32. The molecule has 0 aliphatic rings. The van der Waals surface area contributed by atoms with Crippen LogP contribution in [0.3, 0.4) is 0 Å². The van der Waals surface area contributed by atoms with E-state index in [0.717, 1.165) is 17.0 Å². The van der Waals surface area contributed by atoms with Crippen LogP contribution in [0, 0.1) is 17.6 Å². The summed E-state index contributed by atoms with van der Waals surface area (Å²) < 4.78 is 27.2. The van der Waals surface area contributed by atoms with Crippen molar-refractivity contribution >= 4 is 22.9 Å². The van der Waals surface area contributed by atoms with Gasteiger partial charge in [0.2, 0.25) is 0 Å². The minimum atomic E-state index is -0.900. The molecule has 0 aliphatic carbocycles. The van der Waals surface area contributed by atoms with Crippen LogP contribution in [0.2, 0.25) is 0 Å². The minimum Gasteiger partial charge on any atom is -0.396 e. The van der Waals surface area contributed by atoms with E-state index in [1.165, 1.54) is 11.3 Å². The smallest absolute Gasteiger partial charge is 0.254 e. The summed E-state index contributed by atoms with van der Waals surface area (Å²) in [5, 5.41) is 4.64. The molecule has 1 unspecified atom stereocenters. The number of hydrogen-bond donors (Lipinski definition) is 2. The Balaban J connectivity index is 2.28. The third-order valence-electron chi connectivity index (χ3n) is 3.11. The summed E-state index contributed by atoms with van der Waals surface area (Å²) >= 11 is 1.50. The van der Waals surface area contributed by atoms with E-state index in [2.05, 4.69) is 5.32 Å². The largest absolute Gasteiger partial charge is 0.396 e. The lowest BCUT2D eigenvalue weighted by molar-refractivity contribution is 0.0922. The summed E-state index contributed by atoms with van der Waals surface area (Å²) in [5.41, 5.74) is 4.59. The number of benzene rings is 1. The van der Waals surface area contributed by atoms with Crippen LogP contribution in [0.5, 0.6) is 0 Å². The van der Waals surface area contributed by atoms with Gasteiger partial charge in [-0.1, -0.05) is 19.9 Å². The van der Waals surface area contributed by atoms with Crippen LogP contribution in [0.1, 0.15) is 35.1 Å². The fourth-order valence-electron chi connectivity index (χ4n) is 2.03. The van der Waals surface area contributed by atoms with Gasteiger partial charge in [0.15, 0.2) is 5.82 Å². The number of hydrogen-bond acceptors (Lipinski definition) is 3. The first kappa shape index (κ1) is 15.4. The first-order valence-corrected chi connectivity index (χ1v) is 7.37. The highest BCUT2D eigenvalue weighted by atomic mass is 32.1. The molecule has 1 atom stereocenters. The first-order valence-electron chi connectivity index (χ1n) is 6.49. The van der Waals surface area contributed by atoms with Gasteiger partial charge in [0.1, 0.15) is 5.82 Å². The number of carbonyl (C=O) groups excluding carboxylic acids is 1. The predicted octanol–water partition coefficient (Wildman–Crippen LogP) is 3.74. The minimum absolute atomic E-state index is 0.113. The lowest BCUT2D eigenvalue weighted by Gasteiger charge is -2.21. The summed E-state index contributed by atoms with van der Waals surface area (Å²) in [5.74, 6) is -2.20. The monoisotopic (exact) mass is 310 g/mol. The maximum atomic E-state index is 13.9. The molecule has 0 saturated heterocycles. The van der Waals surface area contributed by atoms with Gasteiger partial charge in [0, 0.05) is 4.88 Å². The molecule has 0 saturated carbocycles. The number of anilines is 1. The zero-order valence-corrected chi connectivity index (χ0v) is 12.5. The van der Waals surface area contributed by atoms with E-state index >= 15 is 0 Å². The Morgan fingerprint density at radius 3 is 2.62 bits per heavy atom. The second-order valence-corrected chi connectivity index (χ2v) is 6.05. The molecule has 1 aromatic heterocycles. The summed E-state index contributed by atoms with van der Waals surface area (Å²) in [6.45, 7) is 3.89. The zero-order chi connectivity index (χ0) is 15.6. The van der Waals surface area contributed by atoms with Gasteiger partial charge in [0.25, 0.3) is 5.91 Å². The second-order valence-electron chi connectivity index (χ2n) is 5.07. The maximum absolute atomic E-state index is 13.9. The molecule has 3 N–H and O–H groups in total. The van der Waals surface area contributed by atoms with Crippen molar-refractivity contribution in [1.82, 2.24) is 5.32 Å². The van der Waals surface area contributed by atoms with Crippen LogP contribution < -0.4 is 11.1 Å². The zero-order valence-electron chi connectivity index (χ0n) is 11.7. The number of amides is 1. The first-order chi connectivity index (χ1) is 9.90. The van der Waals surface area contributed by atoms with Crippen LogP contribution in [-0.2, 0) is 0 Å². The van der Waals surface area contributed by atoms with Gasteiger partial charge in [0.05, 0.1) is 17.3 Å². The van der Waals surface area contributed by atoms with Crippen LogP contribution in [0.4, 0.5) is 14.5 Å². The Morgan fingerprint density at radius 2 is 2.05 bits per heavy atom. The van der Waals surface area contributed by atoms with Crippen molar-refractivity contribution in [3.63, 3.8) is 0 Å². The topological polar surface area (TPSA) is 55.1 Å². The molecule has 0 spiro atoms. The highest BCUT2D eigenvalue weighted by Gasteiger charge is 2.23. The number of nitrogens with one attached hydrogen (secondary N) is 1. The van der Waals surface area contributed by atoms with Crippen molar-refractivity contribution in [2.45, 2.75) is 19.9 Å². The normalized spacial score (nSPS) is 12.4. The number of nitrogen functional groups attached to an aromatic ring is 1. The third kappa shape index (κ3) is 3.39. The summed E-state index contributed by atoms with van der Waals surface area (Å²) in [6.07, 6.45) is 0. The quantitative estimate of drug-likeness (QED) is 0.845. The summed E-state index contributed by atoms with van der Waals surface area (Å²) in [7, 11) is 0. The van der Waals surface area contributed by atoms with Crippen molar-refractivity contribution in [1.29, 1.82) is 0 Å². The average Bonchev–Trinajstić information content (AvgIpc) is 2.93. The molecule has 2 aromatic rings. The Labute approximate surface area is 125 Å². The second kappa shape index (κ2) is 6.22. The molecule has 0 fully saturated rings. The van der Waals surface area contributed by atoms with E-state index in [-0.39, 0.29) is 23.2 Å². The summed E-state index contributed by atoms with van der Waals surface area (Å²) in [4.78, 5) is 13.2. The van der Waals surface area contributed by atoms with Crippen LogP contribution in [0.15, 0.2) is 29.6 Å². The lowest BCUT2D eigenvalue weighted by atomic mass is 10.0. The molecule has 2 rings (SSSR count). The molecule has 1 aromatic carbocycles. The number of thiophene rings is 1. The molecular weight excluding hydrogens is 294 g/mol. The number of halogens is 2. The van der Waals surface area contributed by atoms with E-state index in [4.69, 9.17) is 5.73 Å². The fraction of sp³-hybridized carbons (Fsp3) is 0.267. The number of rotatable bonds is 4. The molecule has 0 aliphatic heterocycles. The highest BCUT2D eigenvalue weighted by molar-refractivity contribution is 7.10. The SMILES string of the molecule is CC(C)C(NC(=O)c1cc(F)cc(N)c1F)c1cccs1. The van der Waals surface area contributed by atoms with Crippen molar-refractivity contribution in [2.24, 2.45) is 5.92 Å². The van der Waals surface area contributed by atoms with Crippen molar-refractivity contribution in [3.05, 3.63) is 51.7 Å². The van der Waals surface area contributed by atoms with Crippen molar-refractivity contribution in [3.8, 4) is 0 Å². The molecule has 0 radical (unpaired) electrons. The van der Waals surface area contributed by atoms with Gasteiger partial charge in [-0.15, -0.1) is 11.3 Å². The molecule has 1 amide bonds. The van der Waals surface area contributed by atoms with Crippen LogP contribution in [0.25, 0.3) is 0 Å². The number of carbonyl (C=O) groups is 1. The Bertz CT molecular complexity index is 641. The Kier molecular flexibility index (Phi) is 4.57. The molecule has 112 valence electrons. The van der Waals surface area contributed by atoms with Gasteiger partial charge in [-0.3, -0.25) is 4.79 Å². The Hall–Kier alpha value is -1.95. The van der Waals surface area contributed by atoms with E-state index in [9.17, 15) is 13.6 Å². The Morgan fingerprint density at radius 1 is 1.33 bits per heavy atom.